The van der Waals surface area contributed by atoms with Crippen LogP contribution in [0.4, 0.5) is 4.39 Å². The van der Waals surface area contributed by atoms with Crippen molar-refractivity contribution in [1.82, 2.24) is 4.90 Å². The number of furan rings is 1. The molecule has 0 saturated carbocycles. The van der Waals surface area contributed by atoms with Crippen LogP contribution in [-0.2, 0) is 9.84 Å². The van der Waals surface area contributed by atoms with Crippen LogP contribution in [0.15, 0.2) is 34.7 Å². The minimum Gasteiger partial charge on any atom is -0.466 e. The summed E-state index contributed by atoms with van der Waals surface area (Å²) in [4.78, 5) is 14.2. The Kier molecular flexibility index (Phi) is 4.69. The van der Waals surface area contributed by atoms with Gasteiger partial charge < -0.3 is 9.32 Å². The molecule has 2 heterocycles. The van der Waals surface area contributed by atoms with Crippen LogP contribution in [0.3, 0.4) is 0 Å². The van der Waals surface area contributed by atoms with Crippen molar-refractivity contribution in [2.45, 2.75) is 25.5 Å². The molecule has 7 heteroatoms. The zero-order valence-corrected chi connectivity index (χ0v) is 15.0. The summed E-state index contributed by atoms with van der Waals surface area (Å²) in [6, 6.07) is 7.57. The highest BCUT2D eigenvalue weighted by Gasteiger charge is 2.34. The minimum atomic E-state index is -3.55. The highest BCUT2D eigenvalue weighted by Crippen LogP contribution is 2.31. The second-order valence-electron chi connectivity index (χ2n) is 6.28. The van der Waals surface area contributed by atoms with Gasteiger partial charge in [0.15, 0.2) is 9.84 Å². The lowest BCUT2D eigenvalue weighted by atomic mass is 10.1. The van der Waals surface area contributed by atoms with Crippen molar-refractivity contribution in [2.24, 2.45) is 0 Å². The van der Waals surface area contributed by atoms with Crippen LogP contribution >= 0.6 is 0 Å². The fourth-order valence-corrected chi connectivity index (χ4v) is 5.05. The summed E-state index contributed by atoms with van der Waals surface area (Å²) in [5.41, 5.74) is 0.617. The van der Waals surface area contributed by atoms with E-state index >= 15 is 0 Å². The van der Waals surface area contributed by atoms with Gasteiger partial charge in [-0.25, -0.2) is 12.8 Å². The Bertz CT molecular complexity index is 904. The van der Waals surface area contributed by atoms with E-state index in [1.807, 2.05) is 0 Å². The minimum absolute atomic E-state index is 0.0930. The molecule has 1 fully saturated rings. The quantitative estimate of drug-likeness (QED) is 0.820. The predicted molar refractivity (Wildman–Crippen MR) is 91.6 cm³/mol. The fraction of sp³-hybridized carbons (Fsp3) is 0.389. The van der Waals surface area contributed by atoms with Gasteiger partial charge in [0.2, 0.25) is 0 Å². The van der Waals surface area contributed by atoms with Crippen LogP contribution < -0.4 is 0 Å². The standard InChI is InChI=1S/C18H20FNO4S/c1-12-11-15(13(2)24-12)18(21)20-8-7-17(25(22,23)10-9-20)14-5-3-4-6-16(14)19/h3-6,11,17H,7-10H2,1-2H3. The Morgan fingerprint density at radius 2 is 1.96 bits per heavy atom. The van der Waals surface area contributed by atoms with Crippen LogP contribution in [-0.4, -0.2) is 38.1 Å². The summed E-state index contributed by atoms with van der Waals surface area (Å²) in [5.74, 6) is 0.178. The monoisotopic (exact) mass is 365 g/mol. The maximum atomic E-state index is 14.1. The first-order chi connectivity index (χ1) is 11.8. The van der Waals surface area contributed by atoms with Crippen molar-refractivity contribution in [1.29, 1.82) is 0 Å². The van der Waals surface area contributed by atoms with Crippen molar-refractivity contribution in [3.05, 3.63) is 58.8 Å². The summed E-state index contributed by atoms with van der Waals surface area (Å²) in [7, 11) is -3.55. The van der Waals surface area contributed by atoms with E-state index in [1.54, 1.807) is 26.0 Å². The Morgan fingerprint density at radius 3 is 2.60 bits per heavy atom. The van der Waals surface area contributed by atoms with Crippen LogP contribution in [0.25, 0.3) is 0 Å². The van der Waals surface area contributed by atoms with Gasteiger partial charge in [-0.1, -0.05) is 18.2 Å². The van der Waals surface area contributed by atoms with Gasteiger partial charge >= 0.3 is 0 Å². The van der Waals surface area contributed by atoms with E-state index in [4.69, 9.17) is 4.42 Å². The van der Waals surface area contributed by atoms with Gasteiger partial charge in [-0.2, -0.15) is 0 Å². The molecule has 0 spiro atoms. The highest BCUT2D eigenvalue weighted by atomic mass is 32.2. The van der Waals surface area contributed by atoms with E-state index in [9.17, 15) is 17.6 Å². The summed E-state index contributed by atoms with van der Waals surface area (Å²) >= 11 is 0. The number of benzene rings is 1. The number of carbonyl (C=O) groups is 1. The van der Waals surface area contributed by atoms with E-state index in [1.165, 1.54) is 23.1 Å². The number of rotatable bonds is 2. The molecule has 0 radical (unpaired) electrons. The smallest absolute Gasteiger partial charge is 0.257 e. The van der Waals surface area contributed by atoms with Crippen LogP contribution in [0, 0.1) is 19.7 Å². The molecule has 0 aliphatic carbocycles. The number of sulfone groups is 1. The van der Waals surface area contributed by atoms with Gasteiger partial charge in [0, 0.05) is 18.7 Å². The number of carbonyl (C=O) groups excluding carboxylic acids is 1. The summed E-state index contributed by atoms with van der Waals surface area (Å²) in [6.07, 6.45) is 0.172. The molecule has 134 valence electrons. The summed E-state index contributed by atoms with van der Waals surface area (Å²) in [6.45, 7) is 3.80. The van der Waals surface area contributed by atoms with Gasteiger partial charge in [-0.15, -0.1) is 0 Å². The number of hydrogen-bond acceptors (Lipinski definition) is 4. The Morgan fingerprint density at radius 1 is 1.24 bits per heavy atom. The topological polar surface area (TPSA) is 67.6 Å². The van der Waals surface area contributed by atoms with Crippen molar-refractivity contribution in [3.63, 3.8) is 0 Å². The Hall–Kier alpha value is -2.15. The van der Waals surface area contributed by atoms with Crippen molar-refractivity contribution >= 4 is 15.7 Å². The number of aryl methyl sites for hydroxylation is 2. The van der Waals surface area contributed by atoms with Crippen molar-refractivity contribution in [3.8, 4) is 0 Å². The molecule has 25 heavy (non-hydrogen) atoms. The first-order valence-corrected chi connectivity index (χ1v) is 9.83. The molecule has 1 aliphatic heterocycles. The molecule has 0 bridgehead atoms. The first kappa shape index (κ1) is 17.7. The average Bonchev–Trinajstić information content (AvgIpc) is 2.80. The van der Waals surface area contributed by atoms with Crippen LogP contribution in [0.5, 0.6) is 0 Å². The third-order valence-corrected chi connectivity index (χ3v) is 6.66. The molecule has 1 aliphatic rings. The predicted octanol–water partition coefficient (Wildman–Crippen LogP) is 3.04. The first-order valence-electron chi connectivity index (χ1n) is 8.12. The molecule has 3 rings (SSSR count). The third-order valence-electron chi connectivity index (χ3n) is 4.55. The Labute approximate surface area is 146 Å². The lowest BCUT2D eigenvalue weighted by Gasteiger charge is -2.19. The number of halogens is 1. The van der Waals surface area contributed by atoms with Gasteiger partial charge in [0.1, 0.15) is 17.3 Å². The van der Waals surface area contributed by atoms with Gasteiger partial charge in [-0.3, -0.25) is 4.79 Å². The number of nitrogens with zero attached hydrogens (tertiary/aromatic N) is 1. The molecule has 1 aromatic heterocycles. The third kappa shape index (κ3) is 3.46. The zero-order valence-electron chi connectivity index (χ0n) is 14.2. The SMILES string of the molecule is Cc1cc(C(=O)N2CCC(c3ccccc3F)S(=O)(=O)CC2)c(C)o1. The molecular formula is C18H20FNO4S. The van der Waals surface area contributed by atoms with E-state index in [0.29, 0.717) is 17.1 Å². The fourth-order valence-electron chi connectivity index (χ4n) is 3.25. The molecule has 1 saturated heterocycles. The summed E-state index contributed by atoms with van der Waals surface area (Å²) < 4.78 is 44.7. The van der Waals surface area contributed by atoms with Crippen molar-refractivity contribution < 1.29 is 22.0 Å². The second kappa shape index (κ2) is 6.63. The summed E-state index contributed by atoms with van der Waals surface area (Å²) in [5, 5.41) is -0.932. The van der Waals surface area contributed by atoms with Gasteiger partial charge in [-0.05, 0) is 32.4 Å². The molecule has 1 amide bonds. The zero-order chi connectivity index (χ0) is 18.2. The van der Waals surface area contributed by atoms with Crippen LogP contribution in [0.1, 0.15) is 39.1 Å². The van der Waals surface area contributed by atoms with Gasteiger partial charge in [0.25, 0.3) is 5.91 Å². The molecule has 1 aromatic carbocycles. The molecule has 1 atom stereocenters. The highest BCUT2D eigenvalue weighted by molar-refractivity contribution is 7.91. The molecule has 0 N–H and O–H groups in total. The maximum Gasteiger partial charge on any atom is 0.257 e. The molecule has 1 unspecified atom stereocenters. The van der Waals surface area contributed by atoms with Crippen LogP contribution in [0.2, 0.25) is 0 Å². The normalized spacial score (nSPS) is 20.3. The molecular weight excluding hydrogens is 345 g/mol. The lowest BCUT2D eigenvalue weighted by molar-refractivity contribution is 0.0765. The maximum absolute atomic E-state index is 14.1. The number of hydrogen-bond donors (Lipinski definition) is 0. The Balaban J connectivity index is 1.87. The second-order valence-corrected chi connectivity index (χ2v) is 8.59. The number of amides is 1. The van der Waals surface area contributed by atoms with E-state index in [-0.39, 0.29) is 36.7 Å². The lowest BCUT2D eigenvalue weighted by Crippen LogP contribution is -2.33. The van der Waals surface area contributed by atoms with E-state index < -0.39 is 20.9 Å². The van der Waals surface area contributed by atoms with E-state index in [2.05, 4.69) is 0 Å². The molecule has 2 aromatic rings. The van der Waals surface area contributed by atoms with Crippen molar-refractivity contribution in [2.75, 3.05) is 18.8 Å². The largest absolute Gasteiger partial charge is 0.466 e. The average molecular weight is 365 g/mol. The van der Waals surface area contributed by atoms with Gasteiger partial charge in [0.05, 0.1) is 16.6 Å². The molecule has 5 nitrogen and oxygen atoms in total. The van der Waals surface area contributed by atoms with E-state index in [0.717, 1.165) is 0 Å².